The molecule has 6 nitrogen and oxygen atoms in total. The van der Waals surface area contributed by atoms with Crippen LogP contribution in [0, 0.1) is 12.8 Å². The molecule has 0 atom stereocenters. The number of carbonyl (C=O) groups excluding carboxylic acids is 1. The van der Waals surface area contributed by atoms with Crippen LogP contribution in [-0.4, -0.2) is 40.5 Å². The highest BCUT2D eigenvalue weighted by Crippen LogP contribution is 2.21. The van der Waals surface area contributed by atoms with Crippen LogP contribution in [0.25, 0.3) is 11.4 Å². The first-order chi connectivity index (χ1) is 11.0. The summed E-state index contributed by atoms with van der Waals surface area (Å²) in [5.41, 5.74) is 1.97. The summed E-state index contributed by atoms with van der Waals surface area (Å²) in [4.78, 5) is 16.7. The number of hydrogen-bond donors (Lipinski definition) is 0. The monoisotopic (exact) mass is 317 g/mol. The topological polar surface area (TPSA) is 66.2 Å². The standard InChI is InChI=1S/C17H23N3O3/c1-5-22-10-11-23-17-18-15(14-8-6-13(4)7-9-14)20(19-17)16(21)12(2)3/h6-9,12H,5,10-11H2,1-4H3. The van der Waals surface area contributed by atoms with E-state index in [1.807, 2.05) is 52.0 Å². The Morgan fingerprint density at radius 3 is 2.52 bits per heavy atom. The zero-order valence-corrected chi connectivity index (χ0v) is 14.1. The van der Waals surface area contributed by atoms with Gasteiger partial charge in [-0.3, -0.25) is 4.79 Å². The Balaban J connectivity index is 2.28. The predicted molar refractivity (Wildman–Crippen MR) is 87.6 cm³/mol. The Labute approximate surface area is 136 Å². The third-order valence-electron chi connectivity index (χ3n) is 3.26. The lowest BCUT2D eigenvalue weighted by Crippen LogP contribution is -2.19. The van der Waals surface area contributed by atoms with Gasteiger partial charge in [0.2, 0.25) is 0 Å². The van der Waals surface area contributed by atoms with E-state index in [1.165, 1.54) is 4.68 Å². The van der Waals surface area contributed by atoms with Gasteiger partial charge in [0.05, 0.1) is 6.61 Å². The van der Waals surface area contributed by atoms with Crippen LogP contribution in [0.1, 0.15) is 31.1 Å². The third kappa shape index (κ3) is 4.39. The molecule has 0 fully saturated rings. The molecule has 2 rings (SSSR count). The molecule has 1 aromatic heterocycles. The van der Waals surface area contributed by atoms with Gasteiger partial charge in [-0.1, -0.05) is 43.7 Å². The molecular formula is C17H23N3O3. The van der Waals surface area contributed by atoms with Crippen molar-refractivity contribution in [1.29, 1.82) is 0 Å². The van der Waals surface area contributed by atoms with E-state index in [1.54, 1.807) is 0 Å². The molecule has 1 heterocycles. The van der Waals surface area contributed by atoms with E-state index in [2.05, 4.69) is 10.1 Å². The number of aromatic nitrogens is 3. The number of ether oxygens (including phenoxy) is 2. The summed E-state index contributed by atoms with van der Waals surface area (Å²) in [6.07, 6.45) is 0. The smallest absolute Gasteiger partial charge is 0.336 e. The van der Waals surface area contributed by atoms with Crippen LogP contribution >= 0.6 is 0 Å². The molecule has 0 saturated heterocycles. The molecule has 1 aromatic carbocycles. The maximum absolute atomic E-state index is 12.4. The number of hydrogen-bond acceptors (Lipinski definition) is 5. The van der Waals surface area contributed by atoms with Crippen molar-refractivity contribution in [3.8, 4) is 17.4 Å². The summed E-state index contributed by atoms with van der Waals surface area (Å²) in [6, 6.07) is 7.99. The van der Waals surface area contributed by atoms with Gasteiger partial charge in [-0.25, -0.2) is 0 Å². The molecule has 0 bridgehead atoms. The molecule has 0 radical (unpaired) electrons. The Hall–Kier alpha value is -2.21. The van der Waals surface area contributed by atoms with Crippen LogP contribution in [0.4, 0.5) is 0 Å². The van der Waals surface area contributed by atoms with E-state index in [4.69, 9.17) is 9.47 Å². The average Bonchev–Trinajstić information content (AvgIpc) is 2.95. The van der Waals surface area contributed by atoms with Gasteiger partial charge in [-0.2, -0.15) is 9.67 Å². The Kier molecular flexibility index (Phi) is 5.87. The molecular weight excluding hydrogens is 294 g/mol. The van der Waals surface area contributed by atoms with Crippen LogP contribution < -0.4 is 4.74 Å². The third-order valence-corrected chi connectivity index (χ3v) is 3.26. The minimum atomic E-state index is -0.183. The van der Waals surface area contributed by atoms with Gasteiger partial charge in [0.1, 0.15) is 6.61 Å². The summed E-state index contributed by atoms with van der Waals surface area (Å²) in [5, 5.41) is 4.21. The summed E-state index contributed by atoms with van der Waals surface area (Å²) >= 11 is 0. The quantitative estimate of drug-likeness (QED) is 0.735. The molecule has 0 saturated carbocycles. The van der Waals surface area contributed by atoms with Gasteiger partial charge < -0.3 is 9.47 Å². The molecule has 23 heavy (non-hydrogen) atoms. The number of aryl methyl sites for hydroxylation is 1. The second kappa shape index (κ2) is 7.87. The lowest BCUT2D eigenvalue weighted by molar-refractivity contribution is 0.0834. The minimum absolute atomic E-state index is 0.118. The summed E-state index contributed by atoms with van der Waals surface area (Å²) in [6.45, 7) is 9.03. The fourth-order valence-corrected chi connectivity index (χ4v) is 1.98. The van der Waals surface area contributed by atoms with E-state index < -0.39 is 0 Å². The van der Waals surface area contributed by atoms with Gasteiger partial charge in [-0.15, -0.1) is 5.10 Å². The van der Waals surface area contributed by atoms with Gasteiger partial charge >= 0.3 is 6.01 Å². The second-order valence-electron chi connectivity index (χ2n) is 5.53. The highest BCUT2D eigenvalue weighted by atomic mass is 16.5. The number of nitrogens with zero attached hydrogens (tertiary/aromatic N) is 3. The zero-order chi connectivity index (χ0) is 16.8. The molecule has 0 N–H and O–H groups in total. The van der Waals surface area contributed by atoms with Gasteiger partial charge in [0, 0.05) is 18.1 Å². The van der Waals surface area contributed by atoms with Crippen LogP contribution in [0.2, 0.25) is 0 Å². The summed E-state index contributed by atoms with van der Waals surface area (Å²) < 4.78 is 12.0. The van der Waals surface area contributed by atoms with Crippen LogP contribution in [0.5, 0.6) is 6.01 Å². The van der Waals surface area contributed by atoms with Crippen molar-refractivity contribution in [2.45, 2.75) is 27.7 Å². The average molecular weight is 317 g/mol. The van der Waals surface area contributed by atoms with Crippen molar-refractivity contribution in [3.63, 3.8) is 0 Å². The largest absolute Gasteiger partial charge is 0.460 e. The first-order valence-electron chi connectivity index (χ1n) is 7.81. The van der Waals surface area contributed by atoms with E-state index in [9.17, 15) is 4.79 Å². The second-order valence-corrected chi connectivity index (χ2v) is 5.53. The number of carbonyl (C=O) groups is 1. The SMILES string of the molecule is CCOCCOc1nc(-c2ccc(C)cc2)n(C(=O)C(C)C)n1. The molecule has 0 aliphatic heterocycles. The van der Waals surface area contributed by atoms with Crippen molar-refractivity contribution in [2.75, 3.05) is 19.8 Å². The molecule has 2 aromatic rings. The fraction of sp³-hybridized carbons (Fsp3) is 0.471. The molecule has 124 valence electrons. The normalized spacial score (nSPS) is 11.0. The van der Waals surface area contributed by atoms with Crippen molar-refractivity contribution in [1.82, 2.24) is 14.8 Å². The molecule has 6 heteroatoms. The highest BCUT2D eigenvalue weighted by Gasteiger charge is 2.20. The maximum atomic E-state index is 12.4. The molecule has 0 unspecified atom stereocenters. The van der Waals surface area contributed by atoms with E-state index in [-0.39, 0.29) is 17.8 Å². The Morgan fingerprint density at radius 2 is 1.91 bits per heavy atom. The van der Waals surface area contributed by atoms with E-state index in [0.29, 0.717) is 25.6 Å². The molecule has 0 aliphatic rings. The molecule has 0 spiro atoms. The summed E-state index contributed by atoms with van der Waals surface area (Å²) in [7, 11) is 0. The Morgan fingerprint density at radius 1 is 1.22 bits per heavy atom. The first-order valence-corrected chi connectivity index (χ1v) is 7.81. The van der Waals surface area contributed by atoms with Crippen molar-refractivity contribution >= 4 is 5.91 Å². The molecule has 0 aliphatic carbocycles. The number of rotatable bonds is 7. The summed E-state index contributed by atoms with van der Waals surface area (Å²) in [5.74, 6) is 0.194. The van der Waals surface area contributed by atoms with Crippen LogP contribution in [-0.2, 0) is 4.74 Å². The van der Waals surface area contributed by atoms with E-state index in [0.717, 1.165) is 11.1 Å². The Bertz CT molecular complexity index is 648. The minimum Gasteiger partial charge on any atom is -0.460 e. The lowest BCUT2D eigenvalue weighted by atomic mass is 10.1. The van der Waals surface area contributed by atoms with Crippen LogP contribution in [0.3, 0.4) is 0 Å². The van der Waals surface area contributed by atoms with Gasteiger partial charge in [-0.05, 0) is 13.8 Å². The zero-order valence-electron chi connectivity index (χ0n) is 14.1. The van der Waals surface area contributed by atoms with Gasteiger partial charge in [0.15, 0.2) is 5.82 Å². The van der Waals surface area contributed by atoms with Crippen LogP contribution in [0.15, 0.2) is 24.3 Å². The first kappa shape index (κ1) is 17.1. The van der Waals surface area contributed by atoms with Crippen molar-refractivity contribution in [3.05, 3.63) is 29.8 Å². The van der Waals surface area contributed by atoms with Crippen molar-refractivity contribution in [2.24, 2.45) is 5.92 Å². The maximum Gasteiger partial charge on any atom is 0.336 e. The highest BCUT2D eigenvalue weighted by molar-refractivity contribution is 5.83. The van der Waals surface area contributed by atoms with Gasteiger partial charge in [0.25, 0.3) is 5.91 Å². The fourth-order valence-electron chi connectivity index (χ4n) is 1.98. The van der Waals surface area contributed by atoms with E-state index >= 15 is 0 Å². The number of benzene rings is 1. The molecule has 0 amide bonds. The lowest BCUT2D eigenvalue weighted by Gasteiger charge is -2.06. The van der Waals surface area contributed by atoms with Crippen molar-refractivity contribution < 1.29 is 14.3 Å². The predicted octanol–water partition coefficient (Wildman–Crippen LogP) is 2.97.